The zero-order valence-electron chi connectivity index (χ0n) is 12.6. The van der Waals surface area contributed by atoms with E-state index < -0.39 is 0 Å². The molecule has 1 saturated carbocycles. The summed E-state index contributed by atoms with van der Waals surface area (Å²) in [7, 11) is 1.83. The Hall–Kier alpha value is -0.780. The summed E-state index contributed by atoms with van der Waals surface area (Å²) in [6, 6.07) is 10.6. The predicted octanol–water partition coefficient (Wildman–Crippen LogP) is 3.16. The Bertz CT molecular complexity index is 425. The van der Waals surface area contributed by atoms with E-state index in [0.717, 1.165) is 25.0 Å². The van der Waals surface area contributed by atoms with Crippen LogP contribution in [0.5, 0.6) is 0 Å². The molecule has 3 nitrogen and oxygen atoms in total. The molecule has 0 aliphatic heterocycles. The maximum absolute atomic E-state index is 4.28. The van der Waals surface area contributed by atoms with Gasteiger partial charge in [-0.25, -0.2) is 0 Å². The van der Waals surface area contributed by atoms with Crippen molar-refractivity contribution >= 4 is 29.9 Å². The summed E-state index contributed by atoms with van der Waals surface area (Å²) in [4.78, 5) is 4.28. The first-order valence-electron chi connectivity index (χ1n) is 7.12. The first-order chi connectivity index (χ1) is 9.12. The first kappa shape index (κ1) is 17.3. The Morgan fingerprint density at radius 3 is 2.40 bits per heavy atom. The zero-order valence-corrected chi connectivity index (χ0v) is 15.0. The van der Waals surface area contributed by atoms with Crippen LogP contribution in [-0.4, -0.2) is 26.1 Å². The lowest BCUT2D eigenvalue weighted by Crippen LogP contribution is -2.44. The highest BCUT2D eigenvalue weighted by Gasteiger charge is 2.23. The minimum atomic E-state index is 0. The zero-order chi connectivity index (χ0) is 13.7. The number of nitrogens with zero attached hydrogens (tertiary/aromatic N) is 1. The number of nitrogens with one attached hydrogen (secondary N) is 2. The van der Waals surface area contributed by atoms with Crippen LogP contribution >= 0.6 is 24.0 Å². The monoisotopic (exact) mass is 387 g/mol. The summed E-state index contributed by atoms with van der Waals surface area (Å²) in [5, 5.41) is 6.82. The van der Waals surface area contributed by atoms with Crippen LogP contribution in [0.1, 0.15) is 32.3 Å². The Labute approximate surface area is 139 Å². The van der Waals surface area contributed by atoms with Gasteiger partial charge in [0.15, 0.2) is 5.96 Å². The van der Waals surface area contributed by atoms with Crippen molar-refractivity contribution in [3.63, 3.8) is 0 Å². The van der Waals surface area contributed by atoms with E-state index in [2.05, 4.69) is 59.8 Å². The molecule has 1 aromatic rings. The molecule has 1 aliphatic carbocycles. The average Bonchev–Trinajstić information content (AvgIpc) is 3.24. The summed E-state index contributed by atoms with van der Waals surface area (Å²) < 4.78 is 0. The van der Waals surface area contributed by atoms with Crippen LogP contribution in [0, 0.1) is 5.92 Å². The topological polar surface area (TPSA) is 36.4 Å². The van der Waals surface area contributed by atoms with Crippen molar-refractivity contribution < 1.29 is 0 Å². The van der Waals surface area contributed by atoms with Gasteiger partial charge in [0.2, 0.25) is 0 Å². The van der Waals surface area contributed by atoms with E-state index in [1.807, 2.05) is 7.05 Å². The number of benzene rings is 1. The van der Waals surface area contributed by atoms with Gasteiger partial charge in [-0.2, -0.15) is 0 Å². The van der Waals surface area contributed by atoms with Crippen molar-refractivity contribution in [1.29, 1.82) is 0 Å². The molecule has 0 atom stereocenters. The molecule has 1 aromatic carbocycles. The molecule has 0 amide bonds. The third-order valence-electron chi connectivity index (χ3n) is 3.73. The molecule has 0 radical (unpaired) electrons. The molecule has 0 unspecified atom stereocenters. The standard InChI is InChI=1S/C16H25N3.HI/c1-16(2,14-7-5-4-6-8-14)12-19-15(17-3)18-11-13-9-10-13;/h4-8,13H,9-12H2,1-3H3,(H2,17,18,19);1H. The lowest BCUT2D eigenvalue weighted by atomic mass is 9.85. The summed E-state index contributed by atoms with van der Waals surface area (Å²) in [5.41, 5.74) is 1.44. The average molecular weight is 387 g/mol. The number of rotatable bonds is 5. The molecule has 4 heteroatoms. The number of guanidine groups is 1. The lowest BCUT2D eigenvalue weighted by Gasteiger charge is -2.26. The molecule has 112 valence electrons. The van der Waals surface area contributed by atoms with Gasteiger partial charge >= 0.3 is 0 Å². The van der Waals surface area contributed by atoms with Crippen LogP contribution in [0.15, 0.2) is 35.3 Å². The molecular weight excluding hydrogens is 361 g/mol. The van der Waals surface area contributed by atoms with Gasteiger partial charge in [0.1, 0.15) is 0 Å². The minimum Gasteiger partial charge on any atom is -0.356 e. The second kappa shape index (κ2) is 7.86. The largest absolute Gasteiger partial charge is 0.356 e. The third kappa shape index (κ3) is 5.31. The highest BCUT2D eigenvalue weighted by atomic mass is 127. The molecule has 0 saturated heterocycles. The number of hydrogen-bond donors (Lipinski definition) is 2. The van der Waals surface area contributed by atoms with Gasteiger partial charge in [0, 0.05) is 25.6 Å². The maximum Gasteiger partial charge on any atom is 0.191 e. The second-order valence-corrected chi connectivity index (χ2v) is 6.00. The quantitative estimate of drug-likeness (QED) is 0.463. The fourth-order valence-electron chi connectivity index (χ4n) is 2.08. The molecule has 20 heavy (non-hydrogen) atoms. The summed E-state index contributed by atoms with van der Waals surface area (Å²) in [6.07, 6.45) is 2.72. The highest BCUT2D eigenvalue weighted by Crippen LogP contribution is 2.27. The SMILES string of the molecule is CN=C(NCC1CC1)NCC(C)(C)c1ccccc1.I. The van der Waals surface area contributed by atoms with Crippen molar-refractivity contribution in [3.8, 4) is 0 Å². The van der Waals surface area contributed by atoms with Crippen molar-refractivity contribution in [2.24, 2.45) is 10.9 Å². The van der Waals surface area contributed by atoms with Gasteiger partial charge < -0.3 is 10.6 Å². The Kier molecular flexibility index (Phi) is 6.79. The predicted molar refractivity (Wildman–Crippen MR) is 97.0 cm³/mol. The van der Waals surface area contributed by atoms with Crippen molar-refractivity contribution in [1.82, 2.24) is 10.6 Å². The number of aliphatic imine (C=N–C) groups is 1. The van der Waals surface area contributed by atoms with Gasteiger partial charge in [-0.15, -0.1) is 24.0 Å². The molecule has 0 spiro atoms. The fraction of sp³-hybridized carbons (Fsp3) is 0.562. The molecule has 1 fully saturated rings. The molecular formula is C16H26IN3. The molecule has 0 heterocycles. The van der Waals surface area contributed by atoms with Gasteiger partial charge in [0.05, 0.1) is 0 Å². The van der Waals surface area contributed by atoms with E-state index in [4.69, 9.17) is 0 Å². The van der Waals surface area contributed by atoms with Gasteiger partial charge in [-0.05, 0) is 24.3 Å². The highest BCUT2D eigenvalue weighted by molar-refractivity contribution is 14.0. The van der Waals surface area contributed by atoms with E-state index >= 15 is 0 Å². The normalized spacial score (nSPS) is 15.4. The van der Waals surface area contributed by atoms with E-state index in [1.165, 1.54) is 18.4 Å². The molecule has 0 aromatic heterocycles. The summed E-state index contributed by atoms with van der Waals surface area (Å²) >= 11 is 0. The number of halogens is 1. The van der Waals surface area contributed by atoms with Crippen molar-refractivity contribution in [2.75, 3.05) is 20.1 Å². The maximum atomic E-state index is 4.28. The van der Waals surface area contributed by atoms with E-state index in [0.29, 0.717) is 0 Å². The molecule has 1 aliphatic rings. The van der Waals surface area contributed by atoms with Crippen LogP contribution in [-0.2, 0) is 5.41 Å². The van der Waals surface area contributed by atoms with Crippen LogP contribution < -0.4 is 10.6 Å². The minimum absolute atomic E-state index is 0. The van der Waals surface area contributed by atoms with Crippen LogP contribution in [0.3, 0.4) is 0 Å². The number of hydrogen-bond acceptors (Lipinski definition) is 1. The first-order valence-corrected chi connectivity index (χ1v) is 7.12. The van der Waals surface area contributed by atoms with Gasteiger partial charge in [-0.3, -0.25) is 4.99 Å². The molecule has 2 rings (SSSR count). The van der Waals surface area contributed by atoms with Crippen LogP contribution in [0.4, 0.5) is 0 Å². The van der Waals surface area contributed by atoms with Gasteiger partial charge in [-0.1, -0.05) is 44.2 Å². The second-order valence-electron chi connectivity index (χ2n) is 6.00. The summed E-state index contributed by atoms with van der Waals surface area (Å²) in [6.45, 7) is 6.43. The smallest absolute Gasteiger partial charge is 0.191 e. The third-order valence-corrected chi connectivity index (χ3v) is 3.73. The van der Waals surface area contributed by atoms with Crippen LogP contribution in [0.2, 0.25) is 0 Å². The lowest BCUT2D eigenvalue weighted by molar-refractivity contribution is 0.508. The van der Waals surface area contributed by atoms with Crippen LogP contribution in [0.25, 0.3) is 0 Å². The summed E-state index contributed by atoms with van der Waals surface area (Å²) in [5.74, 6) is 1.77. The van der Waals surface area contributed by atoms with Crippen molar-refractivity contribution in [3.05, 3.63) is 35.9 Å². The molecule has 2 N–H and O–H groups in total. The van der Waals surface area contributed by atoms with E-state index in [9.17, 15) is 0 Å². The van der Waals surface area contributed by atoms with Crippen molar-refractivity contribution in [2.45, 2.75) is 32.1 Å². The van der Waals surface area contributed by atoms with E-state index in [1.54, 1.807) is 0 Å². The Morgan fingerprint density at radius 1 is 1.20 bits per heavy atom. The van der Waals surface area contributed by atoms with Gasteiger partial charge in [0.25, 0.3) is 0 Å². The molecule has 0 bridgehead atoms. The van der Waals surface area contributed by atoms with E-state index in [-0.39, 0.29) is 29.4 Å². The Balaban J connectivity index is 0.00000200. The Morgan fingerprint density at radius 2 is 1.85 bits per heavy atom. The fourth-order valence-corrected chi connectivity index (χ4v) is 2.08.